The van der Waals surface area contributed by atoms with Crippen LogP contribution in [-0.4, -0.2) is 73.3 Å². The average molecular weight is 529 g/mol. The Morgan fingerprint density at radius 3 is 2.30 bits per heavy atom. The molecule has 2 aliphatic rings. The van der Waals surface area contributed by atoms with Crippen molar-refractivity contribution in [3.8, 4) is 0 Å². The molecule has 0 radical (unpaired) electrons. The molecule has 6 nitrogen and oxygen atoms in total. The molecule has 2 saturated heterocycles. The standard InChI is InChI=1S/C29H38ClFN4O2/c1-19-16-22(29(37)33-24-8-12-34(3)13-9-24)4-6-25(19)20(2)35-14-10-23(11-15-35)32-18-28(36)21-5-7-27(31)26(30)17-21/h4-7,16-17,20,23-24,32H,8-15,18H2,1-3H3,(H,33,37). The van der Waals surface area contributed by atoms with E-state index in [9.17, 15) is 14.0 Å². The van der Waals surface area contributed by atoms with Crippen molar-refractivity contribution >= 4 is 23.3 Å². The largest absolute Gasteiger partial charge is 0.349 e. The third-order valence-corrected chi connectivity index (χ3v) is 8.20. The zero-order valence-electron chi connectivity index (χ0n) is 22.0. The van der Waals surface area contributed by atoms with Gasteiger partial charge < -0.3 is 15.5 Å². The number of nitrogens with zero attached hydrogens (tertiary/aromatic N) is 2. The monoisotopic (exact) mass is 528 g/mol. The fraction of sp³-hybridized carbons (Fsp3) is 0.517. The minimum absolute atomic E-state index is 0.0150. The minimum atomic E-state index is -0.520. The molecule has 1 amide bonds. The molecular weight excluding hydrogens is 491 g/mol. The SMILES string of the molecule is Cc1cc(C(=O)NC2CCN(C)CC2)ccc1C(C)N1CCC(NCC(=O)c2ccc(F)c(Cl)c2)CC1. The van der Waals surface area contributed by atoms with Gasteiger partial charge in [-0.1, -0.05) is 17.7 Å². The van der Waals surface area contributed by atoms with Crippen molar-refractivity contribution in [3.63, 3.8) is 0 Å². The Morgan fingerprint density at radius 1 is 1.00 bits per heavy atom. The maximum Gasteiger partial charge on any atom is 0.251 e. The summed E-state index contributed by atoms with van der Waals surface area (Å²) in [5.41, 5.74) is 3.52. The summed E-state index contributed by atoms with van der Waals surface area (Å²) in [6.45, 7) is 8.40. The van der Waals surface area contributed by atoms with E-state index in [4.69, 9.17) is 11.6 Å². The van der Waals surface area contributed by atoms with Crippen LogP contribution in [0, 0.1) is 12.7 Å². The Labute approximate surface area is 224 Å². The zero-order valence-corrected chi connectivity index (χ0v) is 22.8. The fourth-order valence-corrected chi connectivity index (χ4v) is 5.58. The third kappa shape index (κ3) is 7.17. The van der Waals surface area contributed by atoms with E-state index >= 15 is 0 Å². The maximum atomic E-state index is 13.4. The summed E-state index contributed by atoms with van der Waals surface area (Å²) in [4.78, 5) is 30.0. The zero-order chi connectivity index (χ0) is 26.5. The molecule has 0 bridgehead atoms. The van der Waals surface area contributed by atoms with Crippen LogP contribution in [0.3, 0.4) is 0 Å². The van der Waals surface area contributed by atoms with Crippen molar-refractivity contribution in [2.45, 2.75) is 57.7 Å². The quantitative estimate of drug-likeness (QED) is 0.490. The lowest BCUT2D eigenvalue weighted by atomic mass is 9.95. The van der Waals surface area contributed by atoms with Gasteiger partial charge in [-0.25, -0.2) is 4.39 Å². The van der Waals surface area contributed by atoms with Crippen LogP contribution >= 0.6 is 11.6 Å². The molecule has 1 atom stereocenters. The number of hydrogen-bond acceptors (Lipinski definition) is 5. The summed E-state index contributed by atoms with van der Waals surface area (Å²) in [5.74, 6) is -0.595. The van der Waals surface area contributed by atoms with Gasteiger partial charge in [0, 0.05) is 42.3 Å². The number of hydrogen-bond donors (Lipinski definition) is 2. The lowest BCUT2D eigenvalue weighted by Gasteiger charge is -2.37. The van der Waals surface area contributed by atoms with Gasteiger partial charge in [-0.05, 0) is 101 Å². The molecule has 8 heteroatoms. The maximum absolute atomic E-state index is 13.4. The first-order chi connectivity index (χ1) is 17.7. The smallest absolute Gasteiger partial charge is 0.251 e. The number of Topliss-reactive ketones (excluding diaryl/α,β-unsaturated/α-hetero) is 1. The molecule has 2 heterocycles. The lowest BCUT2D eigenvalue weighted by Crippen LogP contribution is -2.44. The average Bonchev–Trinajstić information content (AvgIpc) is 2.90. The first kappa shape index (κ1) is 27.7. The number of carbonyl (C=O) groups excluding carboxylic acids is 2. The van der Waals surface area contributed by atoms with Crippen LogP contribution in [0.5, 0.6) is 0 Å². The molecule has 2 N–H and O–H groups in total. The molecule has 37 heavy (non-hydrogen) atoms. The van der Waals surface area contributed by atoms with Crippen molar-refractivity contribution in [1.82, 2.24) is 20.4 Å². The summed E-state index contributed by atoms with van der Waals surface area (Å²) < 4.78 is 13.4. The van der Waals surface area contributed by atoms with Gasteiger partial charge in [-0.2, -0.15) is 0 Å². The number of benzene rings is 2. The topological polar surface area (TPSA) is 64.7 Å². The molecule has 2 aliphatic heterocycles. The summed E-state index contributed by atoms with van der Waals surface area (Å²) in [5, 5.41) is 6.53. The van der Waals surface area contributed by atoms with Crippen molar-refractivity contribution in [2.75, 3.05) is 39.8 Å². The van der Waals surface area contributed by atoms with Gasteiger partial charge >= 0.3 is 0 Å². The highest BCUT2D eigenvalue weighted by atomic mass is 35.5. The van der Waals surface area contributed by atoms with Crippen molar-refractivity contribution in [3.05, 3.63) is 69.5 Å². The van der Waals surface area contributed by atoms with Gasteiger partial charge in [0.15, 0.2) is 5.78 Å². The molecule has 1 unspecified atom stereocenters. The summed E-state index contributed by atoms with van der Waals surface area (Å²) in [6.07, 6.45) is 3.88. The van der Waals surface area contributed by atoms with E-state index in [0.717, 1.165) is 63.0 Å². The van der Waals surface area contributed by atoms with E-state index in [0.29, 0.717) is 5.56 Å². The van der Waals surface area contributed by atoms with Crippen LogP contribution < -0.4 is 10.6 Å². The number of aryl methyl sites for hydroxylation is 1. The first-order valence-corrected chi connectivity index (χ1v) is 13.6. The number of ketones is 1. The number of piperidine rings is 2. The Hall–Kier alpha value is -2.32. The van der Waals surface area contributed by atoms with E-state index in [1.165, 1.54) is 23.8 Å². The lowest BCUT2D eigenvalue weighted by molar-refractivity contribution is 0.0916. The van der Waals surface area contributed by atoms with Crippen molar-refractivity contribution < 1.29 is 14.0 Å². The third-order valence-electron chi connectivity index (χ3n) is 7.91. The van der Waals surface area contributed by atoms with Crippen LogP contribution in [0.25, 0.3) is 0 Å². The van der Waals surface area contributed by atoms with Gasteiger partial charge in [0.1, 0.15) is 5.82 Å². The predicted octanol–water partition coefficient (Wildman–Crippen LogP) is 4.61. The number of rotatable bonds is 8. The van der Waals surface area contributed by atoms with E-state index in [-0.39, 0.29) is 41.4 Å². The minimum Gasteiger partial charge on any atom is -0.349 e. The highest BCUT2D eigenvalue weighted by Gasteiger charge is 2.25. The van der Waals surface area contributed by atoms with Crippen molar-refractivity contribution in [2.24, 2.45) is 0 Å². The predicted molar refractivity (Wildman–Crippen MR) is 146 cm³/mol. The van der Waals surface area contributed by atoms with E-state index in [1.54, 1.807) is 0 Å². The molecule has 0 spiro atoms. The Balaban J connectivity index is 1.25. The highest BCUT2D eigenvalue weighted by Crippen LogP contribution is 2.27. The van der Waals surface area contributed by atoms with Gasteiger partial charge in [-0.3, -0.25) is 14.5 Å². The van der Waals surface area contributed by atoms with E-state index < -0.39 is 5.82 Å². The normalized spacial score (nSPS) is 19.1. The molecule has 0 saturated carbocycles. The van der Waals surface area contributed by atoms with Gasteiger partial charge in [-0.15, -0.1) is 0 Å². The highest BCUT2D eigenvalue weighted by molar-refractivity contribution is 6.31. The van der Waals surface area contributed by atoms with Gasteiger partial charge in [0.2, 0.25) is 0 Å². The van der Waals surface area contributed by atoms with Crippen LogP contribution in [0.15, 0.2) is 36.4 Å². The molecule has 2 aromatic rings. The second-order valence-electron chi connectivity index (χ2n) is 10.5. The fourth-order valence-electron chi connectivity index (χ4n) is 5.40. The Bertz CT molecular complexity index is 1110. The number of amides is 1. The molecule has 2 fully saturated rings. The molecule has 4 rings (SSSR count). The second kappa shape index (κ2) is 12.5. The number of carbonyl (C=O) groups is 2. The molecule has 0 aliphatic carbocycles. The number of nitrogens with one attached hydrogen (secondary N) is 2. The summed E-state index contributed by atoms with van der Waals surface area (Å²) >= 11 is 5.81. The van der Waals surface area contributed by atoms with Gasteiger partial charge in [0.05, 0.1) is 11.6 Å². The first-order valence-electron chi connectivity index (χ1n) is 13.3. The van der Waals surface area contributed by atoms with Crippen molar-refractivity contribution in [1.29, 1.82) is 0 Å². The number of likely N-dealkylation sites (tertiary alicyclic amines) is 2. The van der Waals surface area contributed by atoms with Crippen LogP contribution in [0.4, 0.5) is 4.39 Å². The Morgan fingerprint density at radius 2 is 1.65 bits per heavy atom. The second-order valence-corrected chi connectivity index (χ2v) is 10.9. The number of halogens is 2. The summed E-state index contributed by atoms with van der Waals surface area (Å²) in [6, 6.07) is 10.9. The van der Waals surface area contributed by atoms with E-state index in [1.807, 2.05) is 12.1 Å². The summed E-state index contributed by atoms with van der Waals surface area (Å²) in [7, 11) is 2.12. The molecule has 0 aromatic heterocycles. The van der Waals surface area contributed by atoms with Gasteiger partial charge in [0.25, 0.3) is 5.91 Å². The van der Waals surface area contributed by atoms with Crippen LogP contribution in [-0.2, 0) is 0 Å². The molecular formula is C29H38ClFN4O2. The molecule has 2 aromatic carbocycles. The Kier molecular flexibility index (Phi) is 9.35. The van der Waals surface area contributed by atoms with Crippen LogP contribution in [0.1, 0.15) is 70.5 Å². The molecule has 200 valence electrons. The van der Waals surface area contributed by atoms with Crippen LogP contribution in [0.2, 0.25) is 5.02 Å². The van der Waals surface area contributed by atoms with E-state index in [2.05, 4.69) is 47.4 Å².